The monoisotopic (exact) mass is 371 g/mol. The summed E-state index contributed by atoms with van der Waals surface area (Å²) in [6, 6.07) is 18.9. The van der Waals surface area contributed by atoms with Gasteiger partial charge in [0.25, 0.3) is 0 Å². The van der Waals surface area contributed by atoms with Gasteiger partial charge >= 0.3 is 6.18 Å². The third-order valence-corrected chi connectivity index (χ3v) is 4.58. The number of pyridine rings is 1. The molecule has 1 heterocycles. The first-order valence-electron chi connectivity index (χ1n) is 7.97. The molecule has 0 spiro atoms. The second-order valence-corrected chi connectivity index (χ2v) is 6.84. The molecule has 0 aliphatic carbocycles. The van der Waals surface area contributed by atoms with Gasteiger partial charge in [0.2, 0.25) is 0 Å². The standard InChI is InChI=1S/C21H16F3NS/c1-15-4-2-7-20(25-15)26-19-6-3-5-17(14-19)9-8-16-10-12-18(13-11-16)21(22,23)24/h2-14H,1H3/b9-8+. The van der Waals surface area contributed by atoms with E-state index in [1.807, 2.05) is 55.5 Å². The number of hydrogen-bond donors (Lipinski definition) is 0. The number of aryl methyl sites for hydroxylation is 1. The third-order valence-electron chi connectivity index (χ3n) is 3.65. The van der Waals surface area contributed by atoms with Gasteiger partial charge in [-0.2, -0.15) is 13.2 Å². The first-order chi connectivity index (χ1) is 12.4. The van der Waals surface area contributed by atoms with Crippen LogP contribution in [-0.2, 0) is 6.18 Å². The first kappa shape index (κ1) is 18.3. The Labute approximate surface area is 154 Å². The lowest BCUT2D eigenvalue weighted by Gasteiger charge is -2.06. The fourth-order valence-electron chi connectivity index (χ4n) is 2.35. The van der Waals surface area contributed by atoms with Crippen molar-refractivity contribution in [1.82, 2.24) is 4.98 Å². The lowest BCUT2D eigenvalue weighted by molar-refractivity contribution is -0.137. The second kappa shape index (κ2) is 7.79. The minimum atomic E-state index is -4.31. The molecule has 0 atom stereocenters. The average molecular weight is 371 g/mol. The quantitative estimate of drug-likeness (QED) is 0.472. The van der Waals surface area contributed by atoms with Gasteiger partial charge in [0.15, 0.2) is 0 Å². The molecule has 1 aromatic heterocycles. The zero-order chi connectivity index (χ0) is 18.6. The second-order valence-electron chi connectivity index (χ2n) is 5.74. The fourth-order valence-corrected chi connectivity index (χ4v) is 3.27. The lowest BCUT2D eigenvalue weighted by atomic mass is 10.1. The minimum absolute atomic E-state index is 0.640. The molecule has 0 N–H and O–H groups in total. The number of halogens is 3. The molecule has 0 radical (unpaired) electrons. The Morgan fingerprint density at radius 3 is 2.23 bits per heavy atom. The van der Waals surface area contributed by atoms with Crippen LogP contribution in [0.5, 0.6) is 0 Å². The maximum atomic E-state index is 12.6. The van der Waals surface area contributed by atoms with Crippen LogP contribution in [0.15, 0.2) is 76.7 Å². The molecule has 0 saturated heterocycles. The maximum absolute atomic E-state index is 12.6. The topological polar surface area (TPSA) is 12.9 Å². The Hall–Kier alpha value is -2.53. The maximum Gasteiger partial charge on any atom is 0.416 e. The SMILES string of the molecule is Cc1cccc(Sc2cccc(/C=C/c3ccc(C(F)(F)F)cc3)c2)n1. The van der Waals surface area contributed by atoms with Crippen LogP contribution in [-0.4, -0.2) is 4.98 Å². The van der Waals surface area contributed by atoms with Gasteiger partial charge in [0.05, 0.1) is 5.56 Å². The summed E-state index contributed by atoms with van der Waals surface area (Å²) in [7, 11) is 0. The van der Waals surface area contributed by atoms with E-state index in [0.29, 0.717) is 0 Å². The molecule has 0 saturated carbocycles. The van der Waals surface area contributed by atoms with Crippen molar-refractivity contribution in [2.75, 3.05) is 0 Å². The van der Waals surface area contributed by atoms with Gasteiger partial charge in [-0.3, -0.25) is 0 Å². The molecule has 1 nitrogen and oxygen atoms in total. The molecule has 2 aromatic carbocycles. The van der Waals surface area contributed by atoms with E-state index in [0.717, 1.165) is 38.9 Å². The predicted octanol–water partition coefficient (Wildman–Crippen LogP) is 6.73. The summed E-state index contributed by atoms with van der Waals surface area (Å²) in [6.45, 7) is 1.95. The summed E-state index contributed by atoms with van der Waals surface area (Å²) >= 11 is 1.57. The highest BCUT2D eigenvalue weighted by atomic mass is 32.2. The van der Waals surface area contributed by atoms with Crippen molar-refractivity contribution in [1.29, 1.82) is 0 Å². The highest BCUT2D eigenvalue weighted by Crippen LogP contribution is 2.30. The van der Waals surface area contributed by atoms with Gasteiger partial charge < -0.3 is 0 Å². The number of alkyl halides is 3. The summed E-state index contributed by atoms with van der Waals surface area (Å²) in [5, 5.41) is 0.925. The first-order valence-corrected chi connectivity index (χ1v) is 8.79. The molecular formula is C21H16F3NS. The van der Waals surface area contributed by atoms with Crippen molar-refractivity contribution in [2.24, 2.45) is 0 Å². The minimum Gasteiger partial charge on any atom is -0.246 e. The molecule has 0 aliphatic heterocycles. The molecule has 5 heteroatoms. The third kappa shape index (κ3) is 4.99. The molecule has 0 bridgehead atoms. The number of rotatable bonds is 4. The Kier molecular flexibility index (Phi) is 5.47. The average Bonchev–Trinajstić information content (AvgIpc) is 2.60. The Bertz CT molecular complexity index is 915. The molecule has 0 aliphatic rings. The van der Waals surface area contributed by atoms with E-state index in [4.69, 9.17) is 0 Å². The molecular weight excluding hydrogens is 355 g/mol. The highest BCUT2D eigenvalue weighted by Gasteiger charge is 2.29. The van der Waals surface area contributed by atoms with Gasteiger partial charge in [0.1, 0.15) is 5.03 Å². The van der Waals surface area contributed by atoms with Crippen molar-refractivity contribution in [3.8, 4) is 0 Å². The van der Waals surface area contributed by atoms with E-state index >= 15 is 0 Å². The van der Waals surface area contributed by atoms with Crippen molar-refractivity contribution in [2.45, 2.75) is 23.0 Å². The zero-order valence-corrected chi connectivity index (χ0v) is 14.8. The smallest absolute Gasteiger partial charge is 0.246 e. The Balaban J connectivity index is 1.73. The van der Waals surface area contributed by atoms with Crippen LogP contribution in [0.25, 0.3) is 12.2 Å². The lowest BCUT2D eigenvalue weighted by Crippen LogP contribution is -2.03. The fraction of sp³-hybridized carbons (Fsp3) is 0.0952. The summed E-state index contributed by atoms with van der Waals surface area (Å²) in [6.07, 6.45) is -0.622. The van der Waals surface area contributed by atoms with Crippen LogP contribution >= 0.6 is 11.8 Å². The molecule has 0 amide bonds. The van der Waals surface area contributed by atoms with Crippen LogP contribution in [0.3, 0.4) is 0 Å². The number of nitrogens with zero attached hydrogens (tertiary/aromatic N) is 1. The normalized spacial score (nSPS) is 11.8. The van der Waals surface area contributed by atoms with Crippen LogP contribution < -0.4 is 0 Å². The largest absolute Gasteiger partial charge is 0.416 e. The molecule has 3 aromatic rings. The number of hydrogen-bond acceptors (Lipinski definition) is 2. The zero-order valence-electron chi connectivity index (χ0n) is 14.0. The van der Waals surface area contributed by atoms with Crippen LogP contribution in [0.1, 0.15) is 22.4 Å². The number of aromatic nitrogens is 1. The molecule has 0 fully saturated rings. The van der Waals surface area contributed by atoms with Gasteiger partial charge in [-0.15, -0.1) is 0 Å². The summed E-state index contributed by atoms with van der Waals surface area (Å²) in [4.78, 5) is 5.53. The van der Waals surface area contributed by atoms with E-state index in [-0.39, 0.29) is 0 Å². The van der Waals surface area contributed by atoms with E-state index in [2.05, 4.69) is 4.98 Å². The van der Waals surface area contributed by atoms with E-state index < -0.39 is 11.7 Å². The summed E-state index contributed by atoms with van der Waals surface area (Å²) in [5.41, 5.74) is 2.02. The number of benzene rings is 2. The van der Waals surface area contributed by atoms with Gasteiger partial charge in [-0.1, -0.05) is 54.2 Å². The predicted molar refractivity (Wildman–Crippen MR) is 99.9 cm³/mol. The van der Waals surface area contributed by atoms with Crippen molar-refractivity contribution in [3.05, 3.63) is 89.1 Å². The summed E-state index contributed by atoms with van der Waals surface area (Å²) < 4.78 is 37.8. The van der Waals surface area contributed by atoms with E-state index in [1.165, 1.54) is 12.1 Å². The molecule has 3 rings (SSSR count). The molecule has 26 heavy (non-hydrogen) atoms. The van der Waals surface area contributed by atoms with E-state index in [9.17, 15) is 13.2 Å². The van der Waals surface area contributed by atoms with Crippen LogP contribution in [0.4, 0.5) is 13.2 Å². The summed E-state index contributed by atoms with van der Waals surface area (Å²) in [5.74, 6) is 0. The van der Waals surface area contributed by atoms with Gasteiger partial charge in [0, 0.05) is 10.6 Å². The van der Waals surface area contributed by atoms with Crippen LogP contribution in [0, 0.1) is 6.92 Å². The highest BCUT2D eigenvalue weighted by molar-refractivity contribution is 7.99. The van der Waals surface area contributed by atoms with Crippen molar-refractivity contribution < 1.29 is 13.2 Å². The molecule has 0 unspecified atom stereocenters. The Morgan fingerprint density at radius 1 is 0.846 bits per heavy atom. The van der Waals surface area contributed by atoms with Gasteiger partial charge in [-0.05, 0) is 54.4 Å². The Morgan fingerprint density at radius 2 is 1.54 bits per heavy atom. The van der Waals surface area contributed by atoms with Crippen molar-refractivity contribution in [3.63, 3.8) is 0 Å². The van der Waals surface area contributed by atoms with Gasteiger partial charge in [-0.25, -0.2) is 4.98 Å². The van der Waals surface area contributed by atoms with Crippen LogP contribution in [0.2, 0.25) is 0 Å². The molecule has 132 valence electrons. The van der Waals surface area contributed by atoms with Crippen molar-refractivity contribution >= 4 is 23.9 Å². The van der Waals surface area contributed by atoms with E-state index in [1.54, 1.807) is 17.8 Å².